The fourth-order valence-electron chi connectivity index (χ4n) is 2.31. The number of nitrogens with zero attached hydrogens (tertiary/aromatic N) is 1. The van der Waals surface area contributed by atoms with Crippen molar-refractivity contribution >= 4 is 0 Å². The molecule has 0 aromatic heterocycles. The number of aliphatic hydroxyl groups excluding tert-OH is 1. The van der Waals surface area contributed by atoms with Crippen LogP contribution in [0.3, 0.4) is 0 Å². The zero-order valence-electron chi connectivity index (χ0n) is 12.6. The molecule has 0 radical (unpaired) electrons. The molecule has 1 aromatic carbocycles. The first-order valence-corrected chi connectivity index (χ1v) is 7.46. The van der Waals surface area contributed by atoms with Crippen molar-refractivity contribution in [1.29, 1.82) is 0 Å². The summed E-state index contributed by atoms with van der Waals surface area (Å²) in [7, 11) is 1.71. The molecule has 20 heavy (non-hydrogen) atoms. The highest BCUT2D eigenvalue weighted by atomic mass is 16.5. The first kappa shape index (κ1) is 17.0. The van der Waals surface area contributed by atoms with Gasteiger partial charge in [-0.3, -0.25) is 0 Å². The molecule has 0 atom stereocenters. The standard InChI is InChI=1S/C14H21NO.C2H7NO/c1-16-14-8-6-13(7-9-14)5-4-12-15-10-2-3-11-15;3-1-2-4/h6-9H,2-5,10-12H2,1H3;4H,1-3H2. The van der Waals surface area contributed by atoms with Crippen LogP contribution in [0.5, 0.6) is 5.75 Å². The van der Waals surface area contributed by atoms with Gasteiger partial charge in [0.2, 0.25) is 0 Å². The highest BCUT2D eigenvalue weighted by Crippen LogP contribution is 2.13. The molecular formula is C16H28N2O2. The Balaban J connectivity index is 0.000000444. The van der Waals surface area contributed by atoms with Gasteiger partial charge in [0, 0.05) is 6.54 Å². The van der Waals surface area contributed by atoms with E-state index in [0.717, 1.165) is 5.75 Å². The number of aryl methyl sites for hydroxylation is 1. The highest BCUT2D eigenvalue weighted by molar-refractivity contribution is 5.27. The summed E-state index contributed by atoms with van der Waals surface area (Å²) >= 11 is 0. The van der Waals surface area contributed by atoms with Gasteiger partial charge in [-0.25, -0.2) is 0 Å². The van der Waals surface area contributed by atoms with Crippen molar-refractivity contribution in [2.75, 3.05) is 39.9 Å². The Morgan fingerprint density at radius 3 is 2.30 bits per heavy atom. The Labute approximate surface area is 122 Å². The molecule has 4 heteroatoms. The van der Waals surface area contributed by atoms with Crippen LogP contribution in [0.2, 0.25) is 0 Å². The van der Waals surface area contributed by atoms with Crippen molar-refractivity contribution in [2.45, 2.75) is 25.7 Å². The van der Waals surface area contributed by atoms with Gasteiger partial charge in [0.25, 0.3) is 0 Å². The van der Waals surface area contributed by atoms with E-state index in [0.29, 0.717) is 6.54 Å². The van der Waals surface area contributed by atoms with Crippen LogP contribution in [0, 0.1) is 0 Å². The third-order valence-electron chi connectivity index (χ3n) is 3.43. The van der Waals surface area contributed by atoms with Crippen LogP contribution in [0.4, 0.5) is 0 Å². The topological polar surface area (TPSA) is 58.7 Å². The van der Waals surface area contributed by atoms with E-state index >= 15 is 0 Å². The molecule has 2 rings (SSSR count). The average Bonchev–Trinajstić information content (AvgIpc) is 3.01. The first-order valence-electron chi connectivity index (χ1n) is 7.46. The number of hydrogen-bond acceptors (Lipinski definition) is 4. The average molecular weight is 280 g/mol. The van der Waals surface area contributed by atoms with E-state index in [4.69, 9.17) is 15.6 Å². The summed E-state index contributed by atoms with van der Waals surface area (Å²) in [5, 5.41) is 7.75. The summed E-state index contributed by atoms with van der Waals surface area (Å²) in [5.41, 5.74) is 6.19. The number of likely N-dealkylation sites (tertiary alicyclic amines) is 1. The molecule has 0 amide bonds. The fraction of sp³-hybridized carbons (Fsp3) is 0.625. The molecule has 0 spiro atoms. The lowest BCUT2D eigenvalue weighted by Gasteiger charge is -2.13. The van der Waals surface area contributed by atoms with Crippen molar-refractivity contribution in [3.05, 3.63) is 29.8 Å². The van der Waals surface area contributed by atoms with Crippen LogP contribution in [0.25, 0.3) is 0 Å². The molecule has 1 saturated heterocycles. The van der Waals surface area contributed by atoms with Crippen LogP contribution in [0.1, 0.15) is 24.8 Å². The molecular weight excluding hydrogens is 252 g/mol. The molecule has 4 nitrogen and oxygen atoms in total. The van der Waals surface area contributed by atoms with Gasteiger partial charge in [-0.15, -0.1) is 0 Å². The third-order valence-corrected chi connectivity index (χ3v) is 3.43. The number of rotatable bonds is 6. The molecule has 1 aliphatic heterocycles. The second-order valence-corrected chi connectivity index (χ2v) is 5.01. The SMILES string of the molecule is COc1ccc(CCCN2CCCC2)cc1.NCCO. The fourth-order valence-corrected chi connectivity index (χ4v) is 2.31. The Morgan fingerprint density at radius 1 is 1.20 bits per heavy atom. The summed E-state index contributed by atoms with van der Waals surface area (Å²) in [5.74, 6) is 0.947. The smallest absolute Gasteiger partial charge is 0.118 e. The van der Waals surface area contributed by atoms with Crippen LogP contribution in [-0.2, 0) is 6.42 Å². The van der Waals surface area contributed by atoms with Crippen molar-refractivity contribution in [3.8, 4) is 5.75 Å². The summed E-state index contributed by atoms with van der Waals surface area (Å²) in [6.07, 6.45) is 5.23. The summed E-state index contributed by atoms with van der Waals surface area (Å²) in [4.78, 5) is 2.57. The van der Waals surface area contributed by atoms with E-state index in [1.54, 1.807) is 7.11 Å². The third kappa shape index (κ3) is 6.89. The Kier molecular flexibility index (Phi) is 9.04. The second-order valence-electron chi connectivity index (χ2n) is 5.01. The predicted octanol–water partition coefficient (Wildman–Crippen LogP) is 1.66. The van der Waals surface area contributed by atoms with Gasteiger partial charge in [-0.05, 0) is 63.0 Å². The van der Waals surface area contributed by atoms with Gasteiger partial charge >= 0.3 is 0 Å². The molecule has 1 aliphatic rings. The van der Waals surface area contributed by atoms with Gasteiger partial charge in [-0.1, -0.05) is 12.1 Å². The largest absolute Gasteiger partial charge is 0.497 e. The van der Waals surface area contributed by atoms with E-state index in [-0.39, 0.29) is 6.61 Å². The molecule has 1 heterocycles. The lowest BCUT2D eigenvalue weighted by Crippen LogP contribution is -2.20. The number of aliphatic hydroxyl groups is 1. The minimum absolute atomic E-state index is 0.0972. The van der Waals surface area contributed by atoms with Gasteiger partial charge in [-0.2, -0.15) is 0 Å². The molecule has 114 valence electrons. The zero-order chi connectivity index (χ0) is 14.6. The number of benzene rings is 1. The zero-order valence-corrected chi connectivity index (χ0v) is 12.6. The van der Waals surface area contributed by atoms with E-state index in [2.05, 4.69) is 17.0 Å². The van der Waals surface area contributed by atoms with Crippen molar-refractivity contribution in [2.24, 2.45) is 5.73 Å². The molecule has 0 saturated carbocycles. The van der Waals surface area contributed by atoms with Gasteiger partial charge < -0.3 is 20.5 Å². The molecule has 1 fully saturated rings. The van der Waals surface area contributed by atoms with Crippen molar-refractivity contribution < 1.29 is 9.84 Å². The summed E-state index contributed by atoms with van der Waals surface area (Å²) in [6, 6.07) is 8.43. The summed E-state index contributed by atoms with van der Waals surface area (Å²) < 4.78 is 5.15. The van der Waals surface area contributed by atoms with Crippen molar-refractivity contribution in [1.82, 2.24) is 4.90 Å². The molecule has 0 aliphatic carbocycles. The molecule has 0 unspecified atom stereocenters. The Hall–Kier alpha value is -1.10. The minimum Gasteiger partial charge on any atom is -0.497 e. The summed E-state index contributed by atoms with van der Waals surface area (Å²) in [6.45, 7) is 4.34. The number of nitrogens with two attached hydrogens (primary N) is 1. The quantitative estimate of drug-likeness (QED) is 0.832. The van der Waals surface area contributed by atoms with E-state index in [1.807, 2.05) is 12.1 Å². The van der Waals surface area contributed by atoms with Gasteiger partial charge in [0.15, 0.2) is 0 Å². The predicted molar refractivity (Wildman–Crippen MR) is 83.1 cm³/mol. The number of methoxy groups -OCH3 is 1. The first-order chi connectivity index (χ1) is 9.80. The maximum Gasteiger partial charge on any atom is 0.118 e. The molecule has 1 aromatic rings. The second kappa shape index (κ2) is 10.7. The van der Waals surface area contributed by atoms with Crippen LogP contribution < -0.4 is 10.5 Å². The normalized spacial score (nSPS) is 14.8. The lowest BCUT2D eigenvalue weighted by atomic mass is 10.1. The van der Waals surface area contributed by atoms with Crippen LogP contribution in [0.15, 0.2) is 24.3 Å². The molecule has 0 bridgehead atoms. The Bertz CT molecular complexity index is 333. The van der Waals surface area contributed by atoms with Gasteiger partial charge in [0.1, 0.15) is 5.75 Å². The van der Waals surface area contributed by atoms with Crippen molar-refractivity contribution in [3.63, 3.8) is 0 Å². The van der Waals surface area contributed by atoms with Crippen LogP contribution >= 0.6 is 0 Å². The maximum atomic E-state index is 7.75. The highest BCUT2D eigenvalue weighted by Gasteiger charge is 2.10. The number of hydrogen-bond donors (Lipinski definition) is 2. The van der Waals surface area contributed by atoms with E-state index < -0.39 is 0 Å². The van der Waals surface area contributed by atoms with Crippen LogP contribution in [-0.4, -0.2) is 49.9 Å². The number of ether oxygens (including phenoxy) is 1. The molecule has 3 N–H and O–H groups in total. The van der Waals surface area contributed by atoms with Gasteiger partial charge in [0.05, 0.1) is 13.7 Å². The lowest BCUT2D eigenvalue weighted by molar-refractivity contribution is 0.306. The van der Waals surface area contributed by atoms with E-state index in [1.165, 1.54) is 50.9 Å². The van der Waals surface area contributed by atoms with E-state index in [9.17, 15) is 0 Å². The monoisotopic (exact) mass is 280 g/mol. The minimum atomic E-state index is 0.0972. The maximum absolute atomic E-state index is 7.75. The Morgan fingerprint density at radius 2 is 1.80 bits per heavy atom.